The molecule has 0 aliphatic rings. The summed E-state index contributed by atoms with van der Waals surface area (Å²) in [5.74, 6) is 0.0361. The minimum atomic E-state index is 0.0361. The lowest BCUT2D eigenvalue weighted by Gasteiger charge is -2.02. The van der Waals surface area contributed by atoms with Crippen LogP contribution in [0.5, 0.6) is 0 Å². The molecule has 0 fully saturated rings. The van der Waals surface area contributed by atoms with E-state index in [0.29, 0.717) is 11.3 Å². The van der Waals surface area contributed by atoms with Crippen LogP contribution in [0.15, 0.2) is 91.1 Å². The van der Waals surface area contributed by atoms with Gasteiger partial charge in [-0.3, -0.25) is 4.79 Å². The van der Waals surface area contributed by atoms with Gasteiger partial charge in [-0.25, -0.2) is 0 Å². The molecule has 0 saturated heterocycles. The van der Waals surface area contributed by atoms with Crippen molar-refractivity contribution in [3.8, 4) is 11.1 Å². The van der Waals surface area contributed by atoms with E-state index in [0.717, 1.165) is 16.6 Å². The normalized spacial score (nSPS) is 10.8. The Labute approximate surface area is 134 Å². The van der Waals surface area contributed by atoms with E-state index in [9.17, 15) is 4.79 Å². The van der Waals surface area contributed by atoms with Crippen molar-refractivity contribution in [3.05, 3.63) is 102 Å². The molecule has 2 nitrogen and oxygen atoms in total. The third-order valence-electron chi connectivity index (χ3n) is 4.03. The predicted octanol–water partition coefficient (Wildman–Crippen LogP) is 4.84. The summed E-state index contributed by atoms with van der Waals surface area (Å²) in [5, 5.41) is 0. The van der Waals surface area contributed by atoms with Gasteiger partial charge in [0.25, 0.3) is 0 Å². The molecule has 0 bridgehead atoms. The second-order valence-corrected chi connectivity index (χ2v) is 5.46. The number of carbonyl (C=O) groups is 1. The van der Waals surface area contributed by atoms with Gasteiger partial charge in [0.05, 0.1) is 11.2 Å². The Kier molecular flexibility index (Phi) is 3.28. The first kappa shape index (κ1) is 13.5. The zero-order valence-corrected chi connectivity index (χ0v) is 12.5. The summed E-state index contributed by atoms with van der Waals surface area (Å²) in [6.45, 7) is 0. The summed E-state index contributed by atoms with van der Waals surface area (Å²) in [6, 6.07) is 27.5. The van der Waals surface area contributed by atoms with Crippen LogP contribution >= 0.6 is 0 Å². The SMILES string of the molecule is O=C(c1ccccc1)c1cc(-c2ccccc2)c2ccccn12. The number of aromatic nitrogens is 1. The Hall–Kier alpha value is -3.13. The minimum Gasteiger partial charge on any atom is -0.313 e. The summed E-state index contributed by atoms with van der Waals surface area (Å²) < 4.78 is 1.97. The van der Waals surface area contributed by atoms with Gasteiger partial charge in [0.15, 0.2) is 0 Å². The molecular weight excluding hydrogens is 282 g/mol. The molecule has 2 heteroatoms. The molecule has 0 aliphatic heterocycles. The third-order valence-corrected chi connectivity index (χ3v) is 4.03. The van der Waals surface area contributed by atoms with Crippen LogP contribution in [0.1, 0.15) is 16.1 Å². The second-order valence-electron chi connectivity index (χ2n) is 5.46. The zero-order chi connectivity index (χ0) is 15.6. The van der Waals surface area contributed by atoms with Gasteiger partial charge in [-0.15, -0.1) is 0 Å². The van der Waals surface area contributed by atoms with Gasteiger partial charge in [-0.1, -0.05) is 66.7 Å². The number of ketones is 1. The molecule has 0 radical (unpaired) electrons. The smallest absolute Gasteiger partial charge is 0.209 e. The van der Waals surface area contributed by atoms with Crippen LogP contribution in [0.25, 0.3) is 16.6 Å². The van der Waals surface area contributed by atoms with Crippen LogP contribution in [-0.2, 0) is 0 Å². The topological polar surface area (TPSA) is 21.5 Å². The van der Waals surface area contributed by atoms with Crippen molar-refractivity contribution >= 4 is 11.3 Å². The van der Waals surface area contributed by atoms with Crippen molar-refractivity contribution in [2.24, 2.45) is 0 Å². The van der Waals surface area contributed by atoms with Crippen molar-refractivity contribution in [3.63, 3.8) is 0 Å². The number of hydrogen-bond donors (Lipinski definition) is 0. The molecule has 0 N–H and O–H groups in total. The molecule has 0 amide bonds. The molecule has 4 rings (SSSR count). The number of pyridine rings is 1. The summed E-state index contributed by atoms with van der Waals surface area (Å²) >= 11 is 0. The van der Waals surface area contributed by atoms with Crippen molar-refractivity contribution in [1.82, 2.24) is 4.40 Å². The average molecular weight is 297 g/mol. The summed E-state index contributed by atoms with van der Waals surface area (Å²) in [6.07, 6.45) is 1.94. The van der Waals surface area contributed by atoms with Crippen LogP contribution in [0.2, 0.25) is 0 Å². The fraction of sp³-hybridized carbons (Fsp3) is 0. The van der Waals surface area contributed by atoms with Gasteiger partial charge < -0.3 is 4.40 Å². The highest BCUT2D eigenvalue weighted by Crippen LogP contribution is 2.29. The molecule has 2 aromatic carbocycles. The average Bonchev–Trinajstić information content (AvgIpc) is 3.02. The van der Waals surface area contributed by atoms with Crippen molar-refractivity contribution < 1.29 is 4.79 Å². The third kappa shape index (κ3) is 2.34. The quantitative estimate of drug-likeness (QED) is 0.496. The fourth-order valence-corrected chi connectivity index (χ4v) is 2.91. The lowest BCUT2D eigenvalue weighted by atomic mass is 10.1. The Morgan fingerprint density at radius 2 is 1.39 bits per heavy atom. The van der Waals surface area contributed by atoms with E-state index < -0.39 is 0 Å². The Bertz CT molecular complexity index is 969. The molecule has 2 heterocycles. The molecule has 0 atom stereocenters. The Morgan fingerprint density at radius 1 is 0.739 bits per heavy atom. The van der Waals surface area contributed by atoms with Gasteiger partial charge in [0.1, 0.15) is 0 Å². The van der Waals surface area contributed by atoms with Crippen LogP contribution in [0.3, 0.4) is 0 Å². The summed E-state index contributed by atoms with van der Waals surface area (Å²) in [7, 11) is 0. The van der Waals surface area contributed by atoms with Crippen molar-refractivity contribution in [2.45, 2.75) is 0 Å². The van der Waals surface area contributed by atoms with Gasteiger partial charge >= 0.3 is 0 Å². The van der Waals surface area contributed by atoms with Gasteiger partial charge in [0.2, 0.25) is 5.78 Å². The highest BCUT2D eigenvalue weighted by Gasteiger charge is 2.17. The van der Waals surface area contributed by atoms with Crippen LogP contribution in [0.4, 0.5) is 0 Å². The monoisotopic (exact) mass is 297 g/mol. The van der Waals surface area contributed by atoms with Gasteiger partial charge in [-0.2, -0.15) is 0 Å². The zero-order valence-electron chi connectivity index (χ0n) is 12.5. The molecular formula is C21H15NO. The lowest BCUT2D eigenvalue weighted by Crippen LogP contribution is -2.04. The van der Waals surface area contributed by atoms with E-state index >= 15 is 0 Å². The first-order valence-corrected chi connectivity index (χ1v) is 7.60. The number of carbonyl (C=O) groups excluding carboxylic acids is 1. The molecule has 23 heavy (non-hydrogen) atoms. The van der Waals surface area contributed by atoms with E-state index in [2.05, 4.69) is 12.1 Å². The molecule has 110 valence electrons. The highest BCUT2D eigenvalue weighted by molar-refractivity contribution is 6.10. The van der Waals surface area contributed by atoms with Gasteiger partial charge in [-0.05, 0) is 23.8 Å². The molecule has 0 unspecified atom stereocenters. The number of benzene rings is 2. The molecule has 0 aliphatic carbocycles. The second kappa shape index (κ2) is 5.58. The van der Waals surface area contributed by atoms with E-state index in [1.807, 2.05) is 83.4 Å². The molecule has 2 aromatic heterocycles. The first-order chi connectivity index (χ1) is 11.3. The maximum atomic E-state index is 12.9. The van der Waals surface area contributed by atoms with Crippen molar-refractivity contribution in [1.29, 1.82) is 0 Å². The van der Waals surface area contributed by atoms with E-state index in [1.165, 1.54) is 0 Å². The van der Waals surface area contributed by atoms with E-state index in [-0.39, 0.29) is 5.78 Å². The van der Waals surface area contributed by atoms with Crippen LogP contribution in [-0.4, -0.2) is 10.2 Å². The van der Waals surface area contributed by atoms with E-state index in [4.69, 9.17) is 0 Å². The molecule has 0 spiro atoms. The fourth-order valence-electron chi connectivity index (χ4n) is 2.91. The van der Waals surface area contributed by atoms with Gasteiger partial charge in [0, 0.05) is 17.3 Å². The van der Waals surface area contributed by atoms with E-state index in [1.54, 1.807) is 0 Å². The minimum absolute atomic E-state index is 0.0361. The largest absolute Gasteiger partial charge is 0.313 e. The Balaban J connectivity index is 1.94. The summed E-state index contributed by atoms with van der Waals surface area (Å²) in [4.78, 5) is 12.9. The lowest BCUT2D eigenvalue weighted by molar-refractivity contribution is 0.103. The Morgan fingerprint density at radius 3 is 2.13 bits per heavy atom. The summed E-state index contributed by atoms with van der Waals surface area (Å²) in [5.41, 5.74) is 4.62. The number of nitrogens with zero attached hydrogens (tertiary/aromatic N) is 1. The number of hydrogen-bond acceptors (Lipinski definition) is 1. The molecule has 4 aromatic rings. The maximum absolute atomic E-state index is 12.9. The number of rotatable bonds is 3. The highest BCUT2D eigenvalue weighted by atomic mass is 16.1. The van der Waals surface area contributed by atoms with Crippen LogP contribution < -0.4 is 0 Å². The first-order valence-electron chi connectivity index (χ1n) is 7.60. The maximum Gasteiger partial charge on any atom is 0.209 e. The standard InChI is InChI=1S/C21H15NO/c23-21(17-11-5-2-6-12-17)20-15-18(16-9-3-1-4-10-16)19-13-7-8-14-22(19)20/h1-15H. The number of fused-ring (bicyclic) bond motifs is 1. The van der Waals surface area contributed by atoms with Crippen LogP contribution in [0, 0.1) is 0 Å². The molecule has 0 saturated carbocycles. The predicted molar refractivity (Wildman–Crippen MR) is 92.7 cm³/mol. The van der Waals surface area contributed by atoms with Crippen molar-refractivity contribution in [2.75, 3.05) is 0 Å².